The van der Waals surface area contributed by atoms with E-state index in [-0.39, 0.29) is 28.9 Å². The van der Waals surface area contributed by atoms with Crippen LogP contribution in [0.25, 0.3) is 0 Å². The van der Waals surface area contributed by atoms with Crippen LogP contribution in [0, 0.1) is 5.92 Å². The van der Waals surface area contributed by atoms with E-state index in [1.54, 1.807) is 30.3 Å². The summed E-state index contributed by atoms with van der Waals surface area (Å²) in [4.78, 5) is 11.1. The Bertz CT molecular complexity index is 935. The topological polar surface area (TPSA) is 65.0 Å². The number of carboxylic acids is 1. The highest BCUT2D eigenvalue weighted by Crippen LogP contribution is 2.59. The third-order valence-corrected chi connectivity index (χ3v) is 5.10. The number of fused-ring (bicyclic) bond motifs is 3. The Morgan fingerprint density at radius 1 is 1.14 bits per heavy atom. The van der Waals surface area contributed by atoms with Crippen molar-refractivity contribution < 1.29 is 32.9 Å². The highest BCUT2D eigenvalue weighted by Gasteiger charge is 2.63. The number of carbonyl (C=O) groups is 1. The van der Waals surface area contributed by atoms with Crippen molar-refractivity contribution >= 4 is 5.97 Å². The lowest BCUT2D eigenvalue weighted by molar-refractivity contribution is -0.139. The monoisotopic (exact) mass is 390 g/mol. The van der Waals surface area contributed by atoms with E-state index >= 15 is 0 Å². The molecule has 3 atom stereocenters. The SMILES string of the molecule is CC(C)(C)c1ccc(Oc2ccc3c(c2)OC2C(C(=O)O)C32)c(OC(F)F)c1. The van der Waals surface area contributed by atoms with Crippen LogP contribution in [0.5, 0.6) is 23.0 Å². The van der Waals surface area contributed by atoms with Crippen molar-refractivity contribution in [3.05, 3.63) is 47.5 Å². The average molecular weight is 390 g/mol. The lowest BCUT2D eigenvalue weighted by atomic mass is 9.87. The van der Waals surface area contributed by atoms with E-state index < -0.39 is 18.5 Å². The fourth-order valence-electron chi connectivity index (χ4n) is 3.57. The molecule has 0 radical (unpaired) electrons. The summed E-state index contributed by atoms with van der Waals surface area (Å²) in [5.74, 6) is -0.422. The van der Waals surface area contributed by atoms with Crippen LogP contribution >= 0.6 is 0 Å². The summed E-state index contributed by atoms with van der Waals surface area (Å²) in [6.45, 7) is 2.95. The number of alkyl halides is 2. The van der Waals surface area contributed by atoms with Gasteiger partial charge in [-0.3, -0.25) is 4.79 Å². The van der Waals surface area contributed by atoms with E-state index in [1.807, 2.05) is 26.8 Å². The molecule has 0 saturated heterocycles. The van der Waals surface area contributed by atoms with Crippen LogP contribution in [0.2, 0.25) is 0 Å². The third kappa shape index (κ3) is 3.25. The first kappa shape index (κ1) is 18.5. The first-order valence-corrected chi connectivity index (χ1v) is 8.96. The average Bonchev–Trinajstić information content (AvgIpc) is 3.18. The van der Waals surface area contributed by atoms with Gasteiger partial charge in [0.05, 0.1) is 0 Å². The quantitative estimate of drug-likeness (QED) is 0.784. The van der Waals surface area contributed by atoms with E-state index in [0.29, 0.717) is 11.5 Å². The molecule has 1 fully saturated rings. The molecular weight excluding hydrogens is 370 g/mol. The molecule has 0 bridgehead atoms. The minimum atomic E-state index is -2.97. The van der Waals surface area contributed by atoms with Gasteiger partial charge in [-0.05, 0) is 29.2 Å². The van der Waals surface area contributed by atoms with Crippen LogP contribution in [0.15, 0.2) is 36.4 Å². The number of aliphatic carboxylic acids is 1. The lowest BCUT2D eigenvalue weighted by Crippen LogP contribution is -2.12. The van der Waals surface area contributed by atoms with E-state index in [1.165, 1.54) is 0 Å². The van der Waals surface area contributed by atoms with Crippen molar-refractivity contribution in [2.75, 3.05) is 0 Å². The van der Waals surface area contributed by atoms with Gasteiger partial charge in [-0.15, -0.1) is 0 Å². The Balaban J connectivity index is 1.59. The van der Waals surface area contributed by atoms with Gasteiger partial charge in [0.2, 0.25) is 0 Å². The number of rotatable bonds is 5. The molecular formula is C21H20F2O5. The molecule has 2 aromatic rings. The van der Waals surface area contributed by atoms with E-state index in [4.69, 9.17) is 14.6 Å². The Hall–Kier alpha value is -2.83. The number of carboxylic acid groups (broad SMARTS) is 1. The molecule has 28 heavy (non-hydrogen) atoms. The summed E-state index contributed by atoms with van der Waals surface area (Å²) >= 11 is 0. The maximum absolute atomic E-state index is 12.9. The van der Waals surface area contributed by atoms with Crippen LogP contribution in [-0.4, -0.2) is 23.8 Å². The first-order chi connectivity index (χ1) is 13.1. The minimum Gasteiger partial charge on any atom is -0.488 e. The Morgan fingerprint density at radius 2 is 1.89 bits per heavy atom. The van der Waals surface area contributed by atoms with Gasteiger partial charge in [0.1, 0.15) is 23.5 Å². The molecule has 0 amide bonds. The predicted molar refractivity (Wildman–Crippen MR) is 96.6 cm³/mol. The summed E-state index contributed by atoms with van der Waals surface area (Å²) in [7, 11) is 0. The molecule has 1 saturated carbocycles. The summed E-state index contributed by atoms with van der Waals surface area (Å²) in [6.07, 6.45) is -0.341. The summed E-state index contributed by atoms with van der Waals surface area (Å²) in [6, 6.07) is 10.0. The molecule has 1 aliphatic heterocycles. The van der Waals surface area contributed by atoms with Gasteiger partial charge >= 0.3 is 12.6 Å². The number of benzene rings is 2. The van der Waals surface area contributed by atoms with Gasteiger partial charge in [0.15, 0.2) is 11.5 Å². The smallest absolute Gasteiger partial charge is 0.387 e. The second-order valence-electron chi connectivity index (χ2n) is 8.06. The highest BCUT2D eigenvalue weighted by molar-refractivity contribution is 5.79. The van der Waals surface area contributed by atoms with Crippen molar-refractivity contribution in [3.8, 4) is 23.0 Å². The zero-order valence-corrected chi connectivity index (χ0v) is 15.6. The molecule has 0 aromatic heterocycles. The van der Waals surface area contributed by atoms with Crippen molar-refractivity contribution in [3.63, 3.8) is 0 Å². The van der Waals surface area contributed by atoms with Crippen molar-refractivity contribution in [1.29, 1.82) is 0 Å². The molecule has 1 heterocycles. The predicted octanol–water partition coefficient (Wildman–Crippen LogP) is 4.94. The van der Waals surface area contributed by atoms with Crippen molar-refractivity contribution in [1.82, 2.24) is 0 Å². The molecule has 7 heteroatoms. The van der Waals surface area contributed by atoms with Gasteiger partial charge in [-0.25, -0.2) is 0 Å². The molecule has 2 aliphatic rings. The Kier molecular flexibility index (Phi) is 4.21. The van der Waals surface area contributed by atoms with Gasteiger partial charge in [0, 0.05) is 17.5 Å². The van der Waals surface area contributed by atoms with Crippen LogP contribution in [0.1, 0.15) is 37.8 Å². The van der Waals surface area contributed by atoms with Crippen LogP contribution in [0.4, 0.5) is 8.78 Å². The Morgan fingerprint density at radius 3 is 2.54 bits per heavy atom. The number of hydrogen-bond donors (Lipinski definition) is 1. The summed E-state index contributed by atoms with van der Waals surface area (Å²) < 4.78 is 41.8. The maximum atomic E-state index is 12.9. The second-order valence-corrected chi connectivity index (χ2v) is 8.06. The zero-order valence-electron chi connectivity index (χ0n) is 15.6. The lowest BCUT2D eigenvalue weighted by Gasteiger charge is -2.21. The molecule has 2 aromatic carbocycles. The highest BCUT2D eigenvalue weighted by atomic mass is 19.3. The molecule has 148 valence electrons. The van der Waals surface area contributed by atoms with E-state index in [9.17, 15) is 13.6 Å². The summed E-state index contributed by atoms with van der Waals surface area (Å²) in [5.41, 5.74) is 1.44. The Labute approximate surface area is 160 Å². The molecule has 3 unspecified atom stereocenters. The fourth-order valence-corrected chi connectivity index (χ4v) is 3.57. The number of ether oxygens (including phenoxy) is 3. The normalized spacial score (nSPS) is 22.3. The molecule has 0 spiro atoms. The molecule has 1 N–H and O–H groups in total. The molecule has 5 nitrogen and oxygen atoms in total. The van der Waals surface area contributed by atoms with Gasteiger partial charge in [-0.2, -0.15) is 8.78 Å². The largest absolute Gasteiger partial charge is 0.488 e. The van der Waals surface area contributed by atoms with Gasteiger partial charge < -0.3 is 19.3 Å². The second kappa shape index (κ2) is 6.36. The number of hydrogen-bond acceptors (Lipinski definition) is 4. The zero-order chi connectivity index (χ0) is 20.2. The van der Waals surface area contributed by atoms with Crippen LogP contribution < -0.4 is 14.2 Å². The van der Waals surface area contributed by atoms with Crippen molar-refractivity contribution in [2.45, 2.75) is 44.8 Å². The summed E-state index contributed by atoms with van der Waals surface area (Å²) in [5, 5.41) is 9.14. The fraction of sp³-hybridized carbons (Fsp3) is 0.381. The van der Waals surface area contributed by atoms with Crippen molar-refractivity contribution in [2.24, 2.45) is 5.92 Å². The van der Waals surface area contributed by atoms with Crippen LogP contribution in [-0.2, 0) is 10.2 Å². The van der Waals surface area contributed by atoms with Gasteiger partial charge in [-0.1, -0.05) is 32.9 Å². The van der Waals surface area contributed by atoms with Crippen LogP contribution in [0.3, 0.4) is 0 Å². The third-order valence-electron chi connectivity index (χ3n) is 5.10. The van der Waals surface area contributed by atoms with E-state index in [2.05, 4.69) is 4.74 Å². The van der Waals surface area contributed by atoms with Gasteiger partial charge in [0.25, 0.3) is 0 Å². The standard InChI is InChI=1S/C21H20F2O5/c1-21(2,3)10-4-7-13(15(8-10)28-20(22)23)26-11-5-6-12-14(9-11)27-18-16(12)17(18)19(24)25/h4-9,16-18,20H,1-3H3,(H,24,25). The van der Waals surface area contributed by atoms with E-state index in [0.717, 1.165) is 11.1 Å². The number of halogens is 2. The first-order valence-electron chi connectivity index (χ1n) is 8.96. The minimum absolute atomic E-state index is 0.0439. The maximum Gasteiger partial charge on any atom is 0.387 e. The molecule has 4 rings (SSSR count). The molecule has 1 aliphatic carbocycles.